The number of ether oxygens (including phenoxy) is 3. The molecule has 1 spiro atoms. The first-order valence-corrected chi connectivity index (χ1v) is 12.8. The molecule has 0 saturated heterocycles. The molecule has 0 aromatic heterocycles. The molecule has 3 atom stereocenters. The second kappa shape index (κ2) is 9.73. The van der Waals surface area contributed by atoms with Gasteiger partial charge in [-0.1, -0.05) is 17.7 Å². The second-order valence-corrected chi connectivity index (χ2v) is 10.6. The summed E-state index contributed by atoms with van der Waals surface area (Å²) < 4.78 is 16.8. The Bertz CT molecular complexity index is 1130. The largest absolute Gasteiger partial charge is 0.490 e. The lowest BCUT2D eigenvalue weighted by atomic mass is 9.69. The normalized spacial score (nSPS) is 24.9. The van der Waals surface area contributed by atoms with Crippen molar-refractivity contribution in [2.75, 3.05) is 38.3 Å². The van der Waals surface area contributed by atoms with Crippen LogP contribution in [0.25, 0.3) is 0 Å². The van der Waals surface area contributed by atoms with Gasteiger partial charge in [-0.15, -0.1) is 0 Å². The lowest BCUT2D eigenvalue weighted by molar-refractivity contribution is -0.144. The molecule has 186 valence electrons. The number of esters is 2. The quantitative estimate of drug-likeness (QED) is 0.530. The first kappa shape index (κ1) is 24.0. The Balaban J connectivity index is 1.50. The summed E-state index contributed by atoms with van der Waals surface area (Å²) in [5, 5.41) is 0.765. The lowest BCUT2D eigenvalue weighted by Crippen LogP contribution is -2.48. The Kier molecular flexibility index (Phi) is 6.67. The number of benzene rings is 2. The molecule has 0 bridgehead atoms. The van der Waals surface area contributed by atoms with E-state index in [1.165, 1.54) is 25.2 Å². The molecule has 3 aliphatic rings. The summed E-state index contributed by atoms with van der Waals surface area (Å²) in [4.78, 5) is 26.1. The maximum Gasteiger partial charge on any atom is 0.337 e. The number of carbonyl (C=O) groups excluding carboxylic acids is 2. The van der Waals surface area contributed by atoms with Crippen molar-refractivity contribution in [1.82, 2.24) is 0 Å². The van der Waals surface area contributed by atoms with E-state index in [1.54, 1.807) is 6.07 Å². The molecule has 1 fully saturated rings. The SMILES string of the molecule is COC(=O)c1ccc2c(c1)N(C[C@@H]1CC[C@@H]1COC(C)=O)CC1(CCCc3cc(Cl)ccc31)CO2. The lowest BCUT2D eigenvalue weighted by Gasteiger charge is -2.44. The van der Waals surface area contributed by atoms with Crippen molar-refractivity contribution < 1.29 is 23.8 Å². The van der Waals surface area contributed by atoms with Crippen LogP contribution in [0, 0.1) is 11.8 Å². The van der Waals surface area contributed by atoms with Crippen molar-refractivity contribution in [1.29, 1.82) is 0 Å². The highest BCUT2D eigenvalue weighted by Gasteiger charge is 2.43. The number of rotatable bonds is 5. The predicted octanol–water partition coefficient (Wildman–Crippen LogP) is 5.19. The van der Waals surface area contributed by atoms with Crippen molar-refractivity contribution in [3.63, 3.8) is 0 Å². The molecule has 2 aromatic carbocycles. The Morgan fingerprint density at radius 1 is 1.17 bits per heavy atom. The van der Waals surface area contributed by atoms with Gasteiger partial charge in [0.25, 0.3) is 0 Å². The molecule has 0 radical (unpaired) electrons. The zero-order valence-corrected chi connectivity index (χ0v) is 21.1. The molecule has 1 unspecified atom stereocenters. The number of halogens is 1. The van der Waals surface area contributed by atoms with Crippen LogP contribution in [-0.2, 0) is 26.1 Å². The highest BCUT2D eigenvalue weighted by atomic mass is 35.5. The van der Waals surface area contributed by atoms with Gasteiger partial charge in [-0.05, 0) is 85.4 Å². The van der Waals surface area contributed by atoms with Crippen LogP contribution in [0.15, 0.2) is 36.4 Å². The van der Waals surface area contributed by atoms with Crippen molar-refractivity contribution in [3.8, 4) is 5.75 Å². The summed E-state index contributed by atoms with van der Waals surface area (Å²) in [7, 11) is 1.40. The number of carbonyl (C=O) groups is 2. The van der Waals surface area contributed by atoms with Gasteiger partial charge in [0.1, 0.15) is 5.75 Å². The molecule has 35 heavy (non-hydrogen) atoms. The highest BCUT2D eigenvalue weighted by molar-refractivity contribution is 6.30. The molecule has 0 N–H and O–H groups in total. The van der Waals surface area contributed by atoms with E-state index in [1.807, 2.05) is 18.2 Å². The van der Waals surface area contributed by atoms with Crippen LogP contribution < -0.4 is 9.64 Å². The number of anilines is 1. The molecule has 6 nitrogen and oxygen atoms in total. The summed E-state index contributed by atoms with van der Waals surface area (Å²) in [5.74, 6) is 0.951. The molecule has 7 heteroatoms. The first-order valence-electron chi connectivity index (χ1n) is 12.4. The van der Waals surface area contributed by atoms with Crippen LogP contribution in [0.2, 0.25) is 5.02 Å². The molecule has 0 amide bonds. The van der Waals surface area contributed by atoms with Gasteiger partial charge < -0.3 is 19.1 Å². The molecular formula is C28H32ClNO5. The standard InChI is InChI=1S/C28H32ClNO5/c1-18(31)34-15-22-6-5-21(22)14-30-16-28(11-3-4-19-12-23(29)8-9-24(19)28)17-35-26-10-7-20(13-25(26)30)27(32)33-2/h7-10,12-13,21-22H,3-6,11,14-17H2,1-2H3/t21-,22+,28?/m0/s1. The zero-order valence-electron chi connectivity index (χ0n) is 20.3. The van der Waals surface area contributed by atoms with E-state index in [4.69, 9.17) is 25.8 Å². The smallest absolute Gasteiger partial charge is 0.337 e. The number of fused-ring (bicyclic) bond motifs is 3. The van der Waals surface area contributed by atoms with E-state index >= 15 is 0 Å². The zero-order chi connectivity index (χ0) is 24.6. The fraction of sp³-hybridized carbons (Fsp3) is 0.500. The minimum Gasteiger partial charge on any atom is -0.490 e. The summed E-state index contributed by atoms with van der Waals surface area (Å²) >= 11 is 6.34. The van der Waals surface area contributed by atoms with Gasteiger partial charge in [0, 0.05) is 30.5 Å². The van der Waals surface area contributed by atoms with Gasteiger partial charge in [0.2, 0.25) is 0 Å². The van der Waals surface area contributed by atoms with Crippen molar-refractivity contribution >= 4 is 29.2 Å². The molecule has 1 saturated carbocycles. The predicted molar refractivity (Wildman–Crippen MR) is 134 cm³/mol. The Morgan fingerprint density at radius 2 is 2.00 bits per heavy atom. The number of methoxy groups -OCH3 is 1. The van der Waals surface area contributed by atoms with E-state index < -0.39 is 0 Å². The fourth-order valence-electron chi connectivity index (χ4n) is 5.96. The van der Waals surface area contributed by atoms with Gasteiger partial charge in [0.15, 0.2) is 0 Å². The molecule has 2 aromatic rings. The molecule has 5 rings (SSSR count). The van der Waals surface area contributed by atoms with Crippen LogP contribution in [0.4, 0.5) is 5.69 Å². The molecule has 2 aliphatic carbocycles. The van der Waals surface area contributed by atoms with Crippen LogP contribution in [0.1, 0.15) is 54.1 Å². The summed E-state index contributed by atoms with van der Waals surface area (Å²) in [6.07, 6.45) is 5.27. The second-order valence-electron chi connectivity index (χ2n) is 10.2. The van der Waals surface area contributed by atoms with E-state index in [0.717, 1.165) is 61.7 Å². The Labute approximate surface area is 211 Å². The van der Waals surface area contributed by atoms with Crippen molar-refractivity contribution in [2.24, 2.45) is 11.8 Å². The minimum absolute atomic E-state index is 0.169. The topological polar surface area (TPSA) is 65.1 Å². The number of nitrogens with zero attached hydrogens (tertiary/aromatic N) is 1. The van der Waals surface area contributed by atoms with Crippen LogP contribution in [0.3, 0.4) is 0 Å². The van der Waals surface area contributed by atoms with Crippen LogP contribution >= 0.6 is 11.6 Å². The molecule has 1 aliphatic heterocycles. The third-order valence-corrected chi connectivity index (χ3v) is 8.22. The monoisotopic (exact) mass is 497 g/mol. The number of aryl methyl sites for hydroxylation is 1. The average Bonchev–Trinajstić information content (AvgIpc) is 2.98. The van der Waals surface area contributed by atoms with Gasteiger partial charge in [-0.25, -0.2) is 4.79 Å². The fourth-order valence-corrected chi connectivity index (χ4v) is 6.16. The molecular weight excluding hydrogens is 466 g/mol. The molecule has 1 heterocycles. The summed E-state index contributed by atoms with van der Waals surface area (Å²) in [5.41, 5.74) is 3.87. The Hall–Kier alpha value is -2.73. The summed E-state index contributed by atoms with van der Waals surface area (Å²) in [6, 6.07) is 11.8. The third-order valence-electron chi connectivity index (χ3n) is 7.99. The van der Waals surface area contributed by atoms with E-state index in [2.05, 4.69) is 17.0 Å². The maximum atomic E-state index is 12.3. The Morgan fingerprint density at radius 3 is 2.74 bits per heavy atom. The highest BCUT2D eigenvalue weighted by Crippen LogP contribution is 2.46. The maximum absolute atomic E-state index is 12.3. The van der Waals surface area contributed by atoms with Gasteiger partial charge in [-0.2, -0.15) is 0 Å². The van der Waals surface area contributed by atoms with Crippen LogP contribution in [-0.4, -0.2) is 45.4 Å². The van der Waals surface area contributed by atoms with Gasteiger partial charge in [0.05, 0.1) is 31.6 Å². The van der Waals surface area contributed by atoms with E-state index in [-0.39, 0.29) is 17.4 Å². The average molecular weight is 498 g/mol. The minimum atomic E-state index is -0.360. The van der Waals surface area contributed by atoms with E-state index in [9.17, 15) is 9.59 Å². The first-order chi connectivity index (χ1) is 16.9. The van der Waals surface area contributed by atoms with Crippen LogP contribution in [0.5, 0.6) is 5.75 Å². The van der Waals surface area contributed by atoms with Gasteiger partial charge >= 0.3 is 11.9 Å². The number of hydrogen-bond donors (Lipinski definition) is 0. The summed E-state index contributed by atoms with van der Waals surface area (Å²) in [6.45, 7) is 4.10. The van der Waals surface area contributed by atoms with Gasteiger partial charge in [-0.3, -0.25) is 4.79 Å². The van der Waals surface area contributed by atoms with Crippen molar-refractivity contribution in [3.05, 3.63) is 58.1 Å². The van der Waals surface area contributed by atoms with E-state index in [0.29, 0.717) is 30.6 Å². The third kappa shape index (κ3) is 4.73. The number of hydrogen-bond acceptors (Lipinski definition) is 6. The van der Waals surface area contributed by atoms with Crippen molar-refractivity contribution in [2.45, 2.75) is 44.4 Å².